The van der Waals surface area contributed by atoms with Crippen LogP contribution in [-0.2, 0) is 9.53 Å². The monoisotopic (exact) mass is 331 g/mol. The maximum Gasteiger partial charge on any atom is 0.338 e. The summed E-state index contributed by atoms with van der Waals surface area (Å²) < 4.78 is 5.19. The molecular formula is C18H18ClNO3. The normalized spacial score (nSPS) is 11.7. The first-order chi connectivity index (χ1) is 10.9. The Kier molecular flexibility index (Phi) is 5.40. The quantitative estimate of drug-likeness (QED) is 0.857. The Balaban J connectivity index is 2.01. The van der Waals surface area contributed by atoms with Crippen molar-refractivity contribution in [2.24, 2.45) is 0 Å². The lowest BCUT2D eigenvalue weighted by Gasteiger charge is -2.15. The highest BCUT2D eigenvalue weighted by atomic mass is 35.5. The number of rotatable bonds is 4. The third-order valence-electron chi connectivity index (χ3n) is 3.38. The van der Waals surface area contributed by atoms with Gasteiger partial charge in [0.2, 0.25) is 0 Å². The molecule has 2 aromatic carbocycles. The number of hydrogen-bond acceptors (Lipinski definition) is 3. The van der Waals surface area contributed by atoms with E-state index < -0.39 is 12.1 Å². The third kappa shape index (κ3) is 4.57. The van der Waals surface area contributed by atoms with Gasteiger partial charge in [0, 0.05) is 10.7 Å². The van der Waals surface area contributed by atoms with Crippen molar-refractivity contribution in [1.82, 2.24) is 0 Å². The number of hydrogen-bond donors (Lipinski definition) is 1. The van der Waals surface area contributed by atoms with Crippen LogP contribution in [0.5, 0.6) is 0 Å². The van der Waals surface area contributed by atoms with Crippen molar-refractivity contribution in [2.45, 2.75) is 26.9 Å². The molecule has 0 bridgehead atoms. The molecule has 0 spiro atoms. The lowest BCUT2D eigenvalue weighted by atomic mass is 10.1. The summed E-state index contributed by atoms with van der Waals surface area (Å²) in [6, 6.07) is 12.1. The number of carbonyl (C=O) groups excluding carboxylic acids is 2. The van der Waals surface area contributed by atoms with Gasteiger partial charge in [0.05, 0.1) is 5.56 Å². The van der Waals surface area contributed by atoms with Gasteiger partial charge < -0.3 is 10.1 Å². The van der Waals surface area contributed by atoms with E-state index in [9.17, 15) is 9.59 Å². The number of halogens is 1. The van der Waals surface area contributed by atoms with Crippen molar-refractivity contribution in [3.8, 4) is 0 Å². The molecule has 0 radical (unpaired) electrons. The highest BCUT2D eigenvalue weighted by Crippen LogP contribution is 2.17. The van der Waals surface area contributed by atoms with Crippen molar-refractivity contribution in [2.75, 3.05) is 5.32 Å². The number of benzene rings is 2. The molecule has 2 rings (SSSR count). The summed E-state index contributed by atoms with van der Waals surface area (Å²) in [7, 11) is 0. The molecule has 0 aliphatic heterocycles. The third-order valence-corrected chi connectivity index (χ3v) is 3.64. The molecule has 0 unspecified atom stereocenters. The SMILES string of the molecule is Cc1ccc(C)c(NC(=O)[C@H](C)OC(=O)c2ccc(Cl)cc2)c1. The fraction of sp³-hybridized carbons (Fsp3) is 0.222. The average molecular weight is 332 g/mol. The van der Waals surface area contributed by atoms with E-state index in [1.165, 1.54) is 6.92 Å². The van der Waals surface area contributed by atoms with E-state index in [2.05, 4.69) is 5.32 Å². The minimum Gasteiger partial charge on any atom is -0.449 e. The standard InChI is InChI=1S/C18H18ClNO3/c1-11-4-5-12(2)16(10-11)20-17(21)13(3)23-18(22)14-6-8-15(19)9-7-14/h4-10,13H,1-3H3,(H,20,21)/t13-/m0/s1. The summed E-state index contributed by atoms with van der Waals surface area (Å²) in [6.45, 7) is 5.38. The van der Waals surface area contributed by atoms with E-state index in [-0.39, 0.29) is 5.91 Å². The van der Waals surface area contributed by atoms with E-state index in [4.69, 9.17) is 16.3 Å². The number of amides is 1. The van der Waals surface area contributed by atoms with Crippen molar-refractivity contribution in [3.63, 3.8) is 0 Å². The number of nitrogens with one attached hydrogen (secondary N) is 1. The van der Waals surface area contributed by atoms with Gasteiger partial charge in [0.25, 0.3) is 5.91 Å². The van der Waals surface area contributed by atoms with Crippen LogP contribution < -0.4 is 5.32 Å². The fourth-order valence-corrected chi connectivity index (χ4v) is 2.10. The van der Waals surface area contributed by atoms with Gasteiger partial charge in [0.1, 0.15) is 0 Å². The number of aryl methyl sites for hydroxylation is 2. The van der Waals surface area contributed by atoms with Crippen LogP contribution >= 0.6 is 11.6 Å². The molecule has 0 heterocycles. The fourth-order valence-electron chi connectivity index (χ4n) is 1.97. The van der Waals surface area contributed by atoms with Crippen LogP contribution in [0.15, 0.2) is 42.5 Å². The molecule has 0 fully saturated rings. The van der Waals surface area contributed by atoms with Crippen LogP contribution in [0.4, 0.5) is 5.69 Å². The Morgan fingerprint density at radius 2 is 1.74 bits per heavy atom. The molecule has 0 saturated carbocycles. The van der Waals surface area contributed by atoms with Gasteiger partial charge >= 0.3 is 5.97 Å². The number of ether oxygens (including phenoxy) is 1. The second kappa shape index (κ2) is 7.29. The second-order valence-corrected chi connectivity index (χ2v) is 5.80. The first-order valence-corrected chi connectivity index (χ1v) is 7.59. The van der Waals surface area contributed by atoms with Gasteiger partial charge in [0.15, 0.2) is 6.10 Å². The summed E-state index contributed by atoms with van der Waals surface area (Å²) in [4.78, 5) is 24.2. The van der Waals surface area contributed by atoms with Crippen molar-refractivity contribution < 1.29 is 14.3 Å². The smallest absolute Gasteiger partial charge is 0.338 e. The zero-order chi connectivity index (χ0) is 17.0. The molecule has 0 saturated heterocycles. The van der Waals surface area contributed by atoms with Crippen LogP contribution in [0.25, 0.3) is 0 Å². The Bertz CT molecular complexity index is 726. The summed E-state index contributed by atoms with van der Waals surface area (Å²) in [6.07, 6.45) is -0.905. The lowest BCUT2D eigenvalue weighted by Crippen LogP contribution is -2.30. The number of anilines is 1. The zero-order valence-corrected chi connectivity index (χ0v) is 14.0. The molecule has 0 aromatic heterocycles. The van der Waals surface area contributed by atoms with E-state index in [1.807, 2.05) is 32.0 Å². The largest absolute Gasteiger partial charge is 0.449 e. The molecule has 1 N–H and O–H groups in total. The van der Waals surface area contributed by atoms with Gasteiger partial charge in [-0.2, -0.15) is 0 Å². The maximum atomic E-state index is 12.2. The molecule has 0 aliphatic carbocycles. The first-order valence-electron chi connectivity index (χ1n) is 7.21. The molecular weight excluding hydrogens is 314 g/mol. The van der Waals surface area contributed by atoms with E-state index >= 15 is 0 Å². The van der Waals surface area contributed by atoms with Crippen molar-refractivity contribution in [1.29, 1.82) is 0 Å². The van der Waals surface area contributed by atoms with Crippen LogP contribution in [-0.4, -0.2) is 18.0 Å². The summed E-state index contributed by atoms with van der Waals surface area (Å²) in [5.74, 6) is -0.939. The molecule has 1 atom stereocenters. The average Bonchev–Trinajstić information content (AvgIpc) is 2.51. The van der Waals surface area contributed by atoms with E-state index in [1.54, 1.807) is 24.3 Å². The van der Waals surface area contributed by atoms with Gasteiger partial charge in [-0.3, -0.25) is 4.79 Å². The highest BCUT2D eigenvalue weighted by molar-refractivity contribution is 6.30. The molecule has 23 heavy (non-hydrogen) atoms. The minimum atomic E-state index is -0.905. The van der Waals surface area contributed by atoms with Gasteiger partial charge in [-0.15, -0.1) is 0 Å². The van der Waals surface area contributed by atoms with Crippen LogP contribution in [0.3, 0.4) is 0 Å². The summed E-state index contributed by atoms with van der Waals surface area (Å²) >= 11 is 5.77. The summed E-state index contributed by atoms with van der Waals surface area (Å²) in [5.41, 5.74) is 3.04. The molecule has 2 aromatic rings. The number of esters is 1. The zero-order valence-electron chi connectivity index (χ0n) is 13.2. The lowest BCUT2D eigenvalue weighted by molar-refractivity contribution is -0.123. The predicted octanol–water partition coefficient (Wildman–Crippen LogP) is 4.14. The van der Waals surface area contributed by atoms with Gasteiger partial charge in [-0.1, -0.05) is 23.7 Å². The molecule has 4 nitrogen and oxygen atoms in total. The Hall–Kier alpha value is -2.33. The van der Waals surface area contributed by atoms with Crippen LogP contribution in [0.2, 0.25) is 5.02 Å². The van der Waals surface area contributed by atoms with Crippen molar-refractivity contribution >= 4 is 29.2 Å². The molecule has 120 valence electrons. The second-order valence-electron chi connectivity index (χ2n) is 5.36. The Morgan fingerprint density at radius 1 is 1.09 bits per heavy atom. The van der Waals surface area contributed by atoms with E-state index in [0.717, 1.165) is 11.1 Å². The van der Waals surface area contributed by atoms with Crippen molar-refractivity contribution in [3.05, 3.63) is 64.2 Å². The van der Waals surface area contributed by atoms with E-state index in [0.29, 0.717) is 16.3 Å². The highest BCUT2D eigenvalue weighted by Gasteiger charge is 2.19. The Morgan fingerprint density at radius 3 is 2.39 bits per heavy atom. The molecule has 1 amide bonds. The molecule has 5 heteroatoms. The van der Waals surface area contributed by atoms with Gasteiger partial charge in [-0.25, -0.2) is 4.79 Å². The summed E-state index contributed by atoms with van der Waals surface area (Å²) in [5, 5.41) is 3.31. The minimum absolute atomic E-state index is 0.348. The Labute approximate surface area is 140 Å². The molecule has 0 aliphatic rings. The van der Waals surface area contributed by atoms with Crippen LogP contribution in [0.1, 0.15) is 28.4 Å². The topological polar surface area (TPSA) is 55.4 Å². The van der Waals surface area contributed by atoms with Gasteiger partial charge in [-0.05, 0) is 62.2 Å². The van der Waals surface area contributed by atoms with Crippen LogP contribution in [0, 0.1) is 13.8 Å². The maximum absolute atomic E-state index is 12.2. The predicted molar refractivity (Wildman–Crippen MR) is 90.9 cm³/mol. The first kappa shape index (κ1) is 17.0. The number of carbonyl (C=O) groups is 2.